The number of benzene rings is 2. The van der Waals surface area contributed by atoms with Crippen molar-refractivity contribution in [3.8, 4) is 0 Å². The van der Waals surface area contributed by atoms with Crippen molar-refractivity contribution in [2.45, 2.75) is 45.3 Å². The predicted octanol–water partition coefficient (Wildman–Crippen LogP) is 4.95. The van der Waals surface area contributed by atoms with Crippen LogP contribution >= 0.6 is 0 Å². The van der Waals surface area contributed by atoms with Crippen LogP contribution in [0.5, 0.6) is 0 Å². The average molecular weight is 365 g/mol. The van der Waals surface area contributed by atoms with Crippen molar-refractivity contribution in [3.63, 3.8) is 0 Å². The summed E-state index contributed by atoms with van der Waals surface area (Å²) in [4.78, 5) is 14.8. The van der Waals surface area contributed by atoms with Gasteiger partial charge in [-0.2, -0.15) is 0 Å². The van der Waals surface area contributed by atoms with Crippen LogP contribution in [0.1, 0.15) is 31.9 Å². The fourth-order valence-corrected chi connectivity index (χ4v) is 3.17. The Hall–Kier alpha value is -2.75. The van der Waals surface area contributed by atoms with Crippen LogP contribution in [-0.2, 0) is 22.3 Å². The molecule has 0 N–H and O–H groups in total. The lowest BCUT2D eigenvalue weighted by Gasteiger charge is -2.37. The molecule has 0 saturated carbocycles. The summed E-state index contributed by atoms with van der Waals surface area (Å²) in [5.74, 6) is 0. The van der Waals surface area contributed by atoms with Crippen molar-refractivity contribution in [1.82, 2.24) is 4.90 Å². The molecule has 4 heteroatoms. The molecule has 0 unspecified atom stereocenters. The van der Waals surface area contributed by atoms with E-state index in [1.165, 1.54) is 5.56 Å². The van der Waals surface area contributed by atoms with Gasteiger partial charge in [0.2, 0.25) is 0 Å². The van der Waals surface area contributed by atoms with E-state index in [9.17, 15) is 4.79 Å². The number of hydrogen-bond donors (Lipinski definition) is 0. The van der Waals surface area contributed by atoms with Gasteiger partial charge in [-0.3, -0.25) is 4.90 Å². The number of ether oxygens (including phenoxy) is 2. The lowest BCUT2D eigenvalue weighted by molar-refractivity contribution is 0.00879. The maximum absolute atomic E-state index is 13.0. The molecular formula is C23H27NO3. The Labute approximate surface area is 161 Å². The first-order valence-corrected chi connectivity index (χ1v) is 9.33. The fourth-order valence-electron chi connectivity index (χ4n) is 3.17. The van der Waals surface area contributed by atoms with E-state index in [1.54, 1.807) is 11.2 Å². The van der Waals surface area contributed by atoms with E-state index in [0.29, 0.717) is 19.4 Å². The average Bonchev–Trinajstić information content (AvgIpc) is 2.62. The molecule has 1 aliphatic heterocycles. The van der Waals surface area contributed by atoms with Gasteiger partial charge in [0.05, 0.1) is 11.7 Å². The zero-order valence-corrected chi connectivity index (χ0v) is 16.2. The van der Waals surface area contributed by atoms with Gasteiger partial charge in [-0.1, -0.05) is 60.7 Å². The van der Waals surface area contributed by atoms with Gasteiger partial charge in [0.15, 0.2) is 0 Å². The quantitative estimate of drug-likeness (QED) is 0.769. The number of allylic oxidation sites excluding steroid dienone is 1. The number of amides is 1. The minimum Gasteiger partial charge on any atom is -0.497 e. The Bertz CT molecular complexity index is 778. The monoisotopic (exact) mass is 365 g/mol. The Morgan fingerprint density at radius 3 is 2.22 bits per heavy atom. The highest BCUT2D eigenvalue weighted by Crippen LogP contribution is 2.25. The Kier molecular flexibility index (Phi) is 5.84. The summed E-state index contributed by atoms with van der Waals surface area (Å²) in [6.07, 6.45) is 2.70. The van der Waals surface area contributed by atoms with Gasteiger partial charge < -0.3 is 9.47 Å². The summed E-state index contributed by atoms with van der Waals surface area (Å²) in [6.45, 7) is 6.11. The topological polar surface area (TPSA) is 38.8 Å². The molecule has 0 aliphatic carbocycles. The zero-order chi connectivity index (χ0) is 19.3. The molecule has 4 nitrogen and oxygen atoms in total. The molecule has 142 valence electrons. The van der Waals surface area contributed by atoms with Gasteiger partial charge in [-0.05, 0) is 38.3 Å². The molecule has 0 aromatic heterocycles. The maximum Gasteiger partial charge on any atom is 0.415 e. The van der Waals surface area contributed by atoms with Crippen molar-refractivity contribution >= 4 is 6.09 Å². The molecule has 0 fully saturated rings. The van der Waals surface area contributed by atoms with Crippen molar-refractivity contribution in [3.05, 3.63) is 83.7 Å². The molecule has 2 aromatic rings. The molecule has 2 aromatic carbocycles. The number of carbonyl (C=O) groups excluding carboxylic acids is 1. The number of carbonyl (C=O) groups is 1. The maximum atomic E-state index is 13.0. The van der Waals surface area contributed by atoms with Crippen molar-refractivity contribution < 1.29 is 14.3 Å². The summed E-state index contributed by atoms with van der Waals surface area (Å²) in [5.41, 5.74) is 2.56. The first-order valence-electron chi connectivity index (χ1n) is 9.33. The van der Waals surface area contributed by atoms with E-state index in [2.05, 4.69) is 24.3 Å². The summed E-state index contributed by atoms with van der Waals surface area (Å²) < 4.78 is 11.4. The summed E-state index contributed by atoms with van der Waals surface area (Å²) in [5, 5.41) is 0. The number of nitrogens with zero attached hydrogens (tertiary/aromatic N) is 1. The van der Waals surface area contributed by atoms with Gasteiger partial charge >= 0.3 is 6.09 Å². The Morgan fingerprint density at radius 2 is 1.63 bits per heavy atom. The highest BCUT2D eigenvalue weighted by molar-refractivity contribution is 5.71. The third kappa shape index (κ3) is 5.36. The second-order valence-corrected chi connectivity index (χ2v) is 7.80. The van der Waals surface area contributed by atoms with Crippen LogP contribution in [0, 0.1) is 0 Å². The van der Waals surface area contributed by atoms with Gasteiger partial charge in [-0.15, -0.1) is 0 Å². The molecular weight excluding hydrogens is 338 g/mol. The zero-order valence-electron chi connectivity index (χ0n) is 16.2. The smallest absolute Gasteiger partial charge is 0.415 e. The third-order valence-electron chi connectivity index (χ3n) is 4.31. The van der Waals surface area contributed by atoms with E-state index >= 15 is 0 Å². The summed E-state index contributed by atoms with van der Waals surface area (Å²) >= 11 is 0. The van der Waals surface area contributed by atoms with Crippen LogP contribution in [0.2, 0.25) is 0 Å². The van der Waals surface area contributed by atoms with E-state index < -0.39 is 5.60 Å². The van der Waals surface area contributed by atoms with Crippen LogP contribution in [-0.4, -0.2) is 29.2 Å². The largest absolute Gasteiger partial charge is 0.497 e. The molecule has 3 rings (SSSR count). The van der Waals surface area contributed by atoms with Crippen molar-refractivity contribution in [1.29, 1.82) is 0 Å². The Balaban J connectivity index is 1.86. The SMILES string of the molecule is CC(C)(C)OC(=O)N1C(Cc2ccccc2)=COC[C@@H]1Cc1ccccc1. The van der Waals surface area contributed by atoms with Gasteiger partial charge in [0, 0.05) is 6.42 Å². The van der Waals surface area contributed by atoms with E-state index in [0.717, 1.165) is 11.3 Å². The molecule has 0 spiro atoms. The summed E-state index contributed by atoms with van der Waals surface area (Å²) in [7, 11) is 0. The number of hydrogen-bond acceptors (Lipinski definition) is 3. The number of rotatable bonds is 4. The van der Waals surface area contributed by atoms with Gasteiger partial charge in [-0.25, -0.2) is 4.79 Å². The third-order valence-corrected chi connectivity index (χ3v) is 4.31. The molecule has 0 bridgehead atoms. The first kappa shape index (κ1) is 19.0. The highest BCUT2D eigenvalue weighted by Gasteiger charge is 2.34. The van der Waals surface area contributed by atoms with E-state index in [1.807, 2.05) is 57.2 Å². The summed E-state index contributed by atoms with van der Waals surface area (Å²) in [6, 6.07) is 20.1. The van der Waals surface area contributed by atoms with E-state index in [4.69, 9.17) is 9.47 Å². The molecule has 1 aliphatic rings. The normalized spacial score (nSPS) is 17.1. The molecule has 1 atom stereocenters. The molecule has 1 heterocycles. The van der Waals surface area contributed by atoms with Crippen molar-refractivity contribution in [2.24, 2.45) is 0 Å². The van der Waals surface area contributed by atoms with E-state index in [-0.39, 0.29) is 12.1 Å². The molecule has 27 heavy (non-hydrogen) atoms. The standard InChI is InChI=1S/C23H27NO3/c1-23(2,3)27-22(25)24-20(14-18-10-6-4-7-11-18)16-26-17-21(24)15-19-12-8-5-9-13-19/h4-13,16,21H,14-15,17H2,1-3H3/t21-/m0/s1. The minimum atomic E-state index is -0.551. The van der Waals surface area contributed by atoms with Gasteiger partial charge in [0.1, 0.15) is 18.5 Å². The predicted molar refractivity (Wildman–Crippen MR) is 106 cm³/mol. The fraction of sp³-hybridized carbons (Fsp3) is 0.348. The van der Waals surface area contributed by atoms with Crippen LogP contribution < -0.4 is 0 Å². The molecule has 0 radical (unpaired) electrons. The Morgan fingerprint density at radius 1 is 1.04 bits per heavy atom. The lowest BCUT2D eigenvalue weighted by atomic mass is 10.0. The van der Waals surface area contributed by atoms with Crippen LogP contribution in [0.4, 0.5) is 4.79 Å². The van der Waals surface area contributed by atoms with Crippen LogP contribution in [0.3, 0.4) is 0 Å². The van der Waals surface area contributed by atoms with Crippen molar-refractivity contribution in [2.75, 3.05) is 6.61 Å². The van der Waals surface area contributed by atoms with Crippen LogP contribution in [0.25, 0.3) is 0 Å². The highest BCUT2D eigenvalue weighted by atomic mass is 16.6. The van der Waals surface area contributed by atoms with Crippen LogP contribution in [0.15, 0.2) is 72.6 Å². The van der Waals surface area contributed by atoms with Gasteiger partial charge in [0.25, 0.3) is 0 Å². The minimum absolute atomic E-state index is 0.106. The second kappa shape index (κ2) is 8.30. The lowest BCUT2D eigenvalue weighted by Crippen LogP contribution is -2.48. The molecule has 0 saturated heterocycles. The second-order valence-electron chi connectivity index (χ2n) is 7.80. The molecule has 1 amide bonds. The first-order chi connectivity index (χ1) is 12.9.